The molecule has 90 valence electrons. The van der Waals surface area contributed by atoms with Crippen molar-refractivity contribution in [3.05, 3.63) is 15.5 Å². The number of primary amides is 1. The molecule has 0 unspecified atom stereocenters. The van der Waals surface area contributed by atoms with Crippen molar-refractivity contribution in [1.29, 1.82) is 0 Å². The van der Waals surface area contributed by atoms with Gasteiger partial charge in [0.1, 0.15) is 0 Å². The highest BCUT2D eigenvalue weighted by Crippen LogP contribution is 2.19. The van der Waals surface area contributed by atoms with Crippen LogP contribution in [0.25, 0.3) is 0 Å². The zero-order chi connectivity index (χ0) is 12.0. The maximum atomic E-state index is 10.9. The number of carbonyl (C=O) groups excluding carboxylic acids is 1. The maximum Gasteiger partial charge on any atom is 0.231 e. The normalized spacial score (nSPS) is 10.9. The van der Waals surface area contributed by atoms with E-state index in [2.05, 4.69) is 11.9 Å². The van der Waals surface area contributed by atoms with Gasteiger partial charge in [0.05, 0.1) is 6.54 Å². The van der Waals surface area contributed by atoms with Gasteiger partial charge in [-0.1, -0.05) is 24.9 Å². The zero-order valence-electron chi connectivity index (χ0n) is 9.28. The maximum absolute atomic E-state index is 10.9. The van der Waals surface area contributed by atoms with E-state index in [0.717, 1.165) is 24.3 Å². The summed E-state index contributed by atoms with van der Waals surface area (Å²) in [5, 5.41) is 0. The van der Waals surface area contributed by atoms with Gasteiger partial charge in [-0.25, -0.2) is 4.98 Å². The molecule has 0 bridgehead atoms. The minimum Gasteiger partial charge on any atom is -0.369 e. The van der Waals surface area contributed by atoms with Crippen LogP contribution in [0.1, 0.15) is 24.6 Å². The van der Waals surface area contributed by atoms with Crippen molar-refractivity contribution in [2.45, 2.75) is 26.3 Å². The third kappa shape index (κ3) is 4.92. The van der Waals surface area contributed by atoms with Crippen LogP contribution in [0, 0.1) is 0 Å². The number of aromatic nitrogens is 1. The van der Waals surface area contributed by atoms with E-state index in [1.807, 2.05) is 4.90 Å². The van der Waals surface area contributed by atoms with Crippen LogP contribution in [-0.2, 0) is 11.3 Å². The lowest BCUT2D eigenvalue weighted by molar-refractivity contribution is -0.119. The molecule has 0 radical (unpaired) electrons. The molecular weight excluding hydrogens is 246 g/mol. The van der Waals surface area contributed by atoms with Crippen LogP contribution in [0.3, 0.4) is 0 Å². The molecule has 0 spiro atoms. The fourth-order valence-corrected chi connectivity index (χ4v) is 2.41. The van der Waals surface area contributed by atoms with Crippen LogP contribution in [0.4, 0.5) is 0 Å². The quantitative estimate of drug-likeness (QED) is 0.815. The van der Waals surface area contributed by atoms with E-state index in [9.17, 15) is 4.79 Å². The molecule has 0 saturated heterocycles. The highest BCUT2D eigenvalue weighted by Gasteiger charge is 2.10. The average Bonchev–Trinajstić information content (AvgIpc) is 2.59. The molecule has 0 atom stereocenters. The van der Waals surface area contributed by atoms with E-state index in [-0.39, 0.29) is 12.5 Å². The second-order valence-corrected chi connectivity index (χ2v) is 5.31. The molecule has 0 aliphatic carbocycles. The van der Waals surface area contributed by atoms with Gasteiger partial charge in [0, 0.05) is 17.6 Å². The SMILES string of the molecule is CCCCN(CC(N)=O)Cc1cnc(Cl)s1. The largest absolute Gasteiger partial charge is 0.369 e. The summed E-state index contributed by atoms with van der Waals surface area (Å²) in [5.74, 6) is -0.299. The van der Waals surface area contributed by atoms with Gasteiger partial charge in [-0.2, -0.15) is 0 Å². The molecule has 4 nitrogen and oxygen atoms in total. The number of rotatable bonds is 7. The van der Waals surface area contributed by atoms with Crippen molar-refractivity contribution in [1.82, 2.24) is 9.88 Å². The summed E-state index contributed by atoms with van der Waals surface area (Å²) >= 11 is 7.19. The first kappa shape index (κ1) is 13.4. The summed E-state index contributed by atoms with van der Waals surface area (Å²) in [5.41, 5.74) is 5.21. The number of nitrogens with zero attached hydrogens (tertiary/aromatic N) is 2. The Morgan fingerprint density at radius 1 is 1.69 bits per heavy atom. The molecule has 16 heavy (non-hydrogen) atoms. The summed E-state index contributed by atoms with van der Waals surface area (Å²) in [7, 11) is 0. The lowest BCUT2D eigenvalue weighted by atomic mass is 10.3. The van der Waals surface area contributed by atoms with Gasteiger partial charge in [-0.05, 0) is 13.0 Å². The van der Waals surface area contributed by atoms with Gasteiger partial charge in [-0.3, -0.25) is 9.69 Å². The van der Waals surface area contributed by atoms with Crippen molar-refractivity contribution in [2.75, 3.05) is 13.1 Å². The lowest BCUT2D eigenvalue weighted by Crippen LogP contribution is -2.33. The molecule has 2 N–H and O–H groups in total. The minimum atomic E-state index is -0.299. The Morgan fingerprint density at radius 2 is 2.44 bits per heavy atom. The van der Waals surface area contributed by atoms with Gasteiger partial charge in [-0.15, -0.1) is 11.3 Å². The van der Waals surface area contributed by atoms with E-state index in [0.29, 0.717) is 11.0 Å². The van der Waals surface area contributed by atoms with Crippen molar-refractivity contribution in [3.63, 3.8) is 0 Å². The van der Waals surface area contributed by atoms with Crippen LogP contribution in [0.15, 0.2) is 6.20 Å². The Morgan fingerprint density at radius 3 is 2.94 bits per heavy atom. The summed E-state index contributed by atoms with van der Waals surface area (Å²) in [6, 6.07) is 0. The van der Waals surface area contributed by atoms with E-state index in [1.54, 1.807) is 6.20 Å². The van der Waals surface area contributed by atoms with Crippen LogP contribution in [0.5, 0.6) is 0 Å². The number of halogens is 1. The topological polar surface area (TPSA) is 59.2 Å². The second-order valence-electron chi connectivity index (χ2n) is 3.61. The second kappa shape index (κ2) is 6.83. The van der Waals surface area contributed by atoms with Crippen molar-refractivity contribution < 1.29 is 4.79 Å². The molecule has 0 aliphatic rings. The monoisotopic (exact) mass is 261 g/mol. The smallest absolute Gasteiger partial charge is 0.231 e. The third-order valence-corrected chi connectivity index (χ3v) is 3.21. The molecule has 0 aliphatic heterocycles. The molecule has 6 heteroatoms. The lowest BCUT2D eigenvalue weighted by Gasteiger charge is -2.19. The fourth-order valence-electron chi connectivity index (χ4n) is 1.39. The van der Waals surface area contributed by atoms with Gasteiger partial charge < -0.3 is 5.73 Å². The molecule has 1 rings (SSSR count). The summed E-state index contributed by atoms with van der Waals surface area (Å²) in [6.45, 7) is 3.96. The van der Waals surface area contributed by atoms with E-state index in [4.69, 9.17) is 17.3 Å². The molecule has 0 aromatic carbocycles. The van der Waals surface area contributed by atoms with Crippen molar-refractivity contribution in [3.8, 4) is 0 Å². The van der Waals surface area contributed by atoms with E-state index >= 15 is 0 Å². The van der Waals surface area contributed by atoms with Crippen LogP contribution in [0.2, 0.25) is 4.47 Å². The highest BCUT2D eigenvalue weighted by molar-refractivity contribution is 7.15. The molecule has 1 aromatic heterocycles. The number of hydrogen-bond acceptors (Lipinski definition) is 4. The fraction of sp³-hybridized carbons (Fsp3) is 0.600. The zero-order valence-corrected chi connectivity index (χ0v) is 10.9. The first-order valence-corrected chi connectivity index (χ1v) is 6.42. The number of unbranched alkanes of at least 4 members (excludes halogenated alkanes) is 1. The molecule has 1 aromatic rings. The van der Waals surface area contributed by atoms with Gasteiger partial charge in [0.2, 0.25) is 5.91 Å². The van der Waals surface area contributed by atoms with E-state index < -0.39 is 0 Å². The predicted molar refractivity (Wildman–Crippen MR) is 66.5 cm³/mol. The first-order chi connectivity index (χ1) is 7.61. The van der Waals surface area contributed by atoms with E-state index in [1.165, 1.54) is 11.3 Å². The summed E-state index contributed by atoms with van der Waals surface area (Å²) in [4.78, 5) is 18.0. The standard InChI is InChI=1S/C10H16ClN3OS/c1-2-3-4-14(7-9(12)15)6-8-5-13-10(11)16-8/h5H,2-4,6-7H2,1H3,(H2,12,15). The Bertz CT molecular complexity index is 343. The van der Waals surface area contributed by atoms with Gasteiger partial charge in [0.25, 0.3) is 0 Å². The van der Waals surface area contributed by atoms with Crippen LogP contribution in [-0.4, -0.2) is 28.9 Å². The number of amides is 1. The van der Waals surface area contributed by atoms with Crippen LogP contribution >= 0.6 is 22.9 Å². The first-order valence-electron chi connectivity index (χ1n) is 5.22. The Labute approximate surface area is 104 Å². The highest BCUT2D eigenvalue weighted by atomic mass is 35.5. The molecule has 1 heterocycles. The van der Waals surface area contributed by atoms with Crippen molar-refractivity contribution in [2.24, 2.45) is 5.73 Å². The molecule has 0 saturated carbocycles. The third-order valence-electron chi connectivity index (χ3n) is 2.11. The van der Waals surface area contributed by atoms with Gasteiger partial charge in [0.15, 0.2) is 4.47 Å². The van der Waals surface area contributed by atoms with Crippen LogP contribution < -0.4 is 5.73 Å². The minimum absolute atomic E-state index is 0.287. The number of thiazole rings is 1. The summed E-state index contributed by atoms with van der Waals surface area (Å²) in [6.07, 6.45) is 3.89. The molecule has 0 fully saturated rings. The summed E-state index contributed by atoms with van der Waals surface area (Å²) < 4.78 is 0.532. The Kier molecular flexibility index (Phi) is 5.73. The van der Waals surface area contributed by atoms with Crippen molar-refractivity contribution >= 4 is 28.8 Å². The Hall–Kier alpha value is -0.650. The molecular formula is C10H16ClN3OS. The number of carbonyl (C=O) groups is 1. The predicted octanol–water partition coefficient (Wildman–Crippen LogP) is 1.88. The number of nitrogens with two attached hydrogens (primary N) is 1. The Balaban J connectivity index is 2.51. The van der Waals surface area contributed by atoms with Gasteiger partial charge >= 0.3 is 0 Å². The number of hydrogen-bond donors (Lipinski definition) is 1. The molecule has 1 amide bonds. The average molecular weight is 262 g/mol.